The minimum Gasteiger partial charge on any atom is -0.450 e. The quantitative estimate of drug-likeness (QED) is 0.780. The van der Waals surface area contributed by atoms with Crippen molar-refractivity contribution in [2.75, 3.05) is 32.8 Å². The van der Waals surface area contributed by atoms with E-state index < -0.39 is 0 Å². The van der Waals surface area contributed by atoms with Crippen molar-refractivity contribution in [2.45, 2.75) is 45.2 Å². The average molecular weight is 399 g/mol. The highest BCUT2D eigenvalue weighted by molar-refractivity contribution is 5.89. The van der Waals surface area contributed by atoms with Gasteiger partial charge in [-0.3, -0.25) is 9.59 Å². The van der Waals surface area contributed by atoms with Gasteiger partial charge in [0.25, 0.3) is 0 Å². The van der Waals surface area contributed by atoms with E-state index in [-0.39, 0.29) is 29.9 Å². The van der Waals surface area contributed by atoms with Crippen LogP contribution in [0.2, 0.25) is 0 Å². The highest BCUT2D eigenvalue weighted by Gasteiger charge is 2.41. The number of hydrogen-bond acceptors (Lipinski definition) is 4. The van der Waals surface area contributed by atoms with Crippen molar-refractivity contribution < 1.29 is 19.1 Å². The molecule has 0 aromatic heterocycles. The van der Waals surface area contributed by atoms with Gasteiger partial charge in [-0.1, -0.05) is 24.3 Å². The molecule has 7 heteroatoms. The monoisotopic (exact) mass is 399 g/mol. The van der Waals surface area contributed by atoms with Gasteiger partial charge in [-0.15, -0.1) is 0 Å². The third-order valence-electron chi connectivity index (χ3n) is 6.38. The number of fused-ring (bicyclic) bond motifs is 1. The standard InChI is InChI=1S/C22H29N3O4/c1-2-29-22(28)23-11-8-19(9-12-23)25-15-18(13-20(25)26)21(27)24-10-7-16-5-3-4-6-17(16)14-24/h3-6,18-19H,2,7-15H2,1H3. The Labute approximate surface area is 171 Å². The molecule has 0 aliphatic carbocycles. The molecule has 3 heterocycles. The zero-order valence-corrected chi connectivity index (χ0v) is 17.0. The van der Waals surface area contributed by atoms with E-state index in [0.29, 0.717) is 39.2 Å². The largest absolute Gasteiger partial charge is 0.450 e. The number of hydrogen-bond donors (Lipinski definition) is 0. The van der Waals surface area contributed by atoms with Gasteiger partial charge in [-0.05, 0) is 37.3 Å². The SMILES string of the molecule is CCOC(=O)N1CCC(N2CC(C(=O)N3CCc4ccccc4C3)CC2=O)CC1. The van der Waals surface area contributed by atoms with Crippen LogP contribution in [0.3, 0.4) is 0 Å². The Balaban J connectivity index is 1.33. The summed E-state index contributed by atoms with van der Waals surface area (Å²) in [7, 11) is 0. The fourth-order valence-electron chi connectivity index (χ4n) is 4.77. The smallest absolute Gasteiger partial charge is 0.409 e. The van der Waals surface area contributed by atoms with Crippen LogP contribution in [0, 0.1) is 5.92 Å². The van der Waals surface area contributed by atoms with E-state index in [0.717, 1.165) is 25.8 Å². The minimum absolute atomic E-state index is 0.0651. The summed E-state index contributed by atoms with van der Waals surface area (Å²) in [4.78, 5) is 43.1. The van der Waals surface area contributed by atoms with Crippen LogP contribution in [0.4, 0.5) is 4.79 Å². The molecule has 0 N–H and O–H groups in total. The maximum absolute atomic E-state index is 13.1. The van der Waals surface area contributed by atoms with Crippen molar-refractivity contribution in [3.05, 3.63) is 35.4 Å². The predicted molar refractivity (Wildman–Crippen MR) is 107 cm³/mol. The van der Waals surface area contributed by atoms with Gasteiger partial charge in [0.05, 0.1) is 12.5 Å². The van der Waals surface area contributed by atoms with Crippen molar-refractivity contribution in [1.29, 1.82) is 0 Å². The number of benzene rings is 1. The van der Waals surface area contributed by atoms with E-state index in [2.05, 4.69) is 12.1 Å². The minimum atomic E-state index is -0.280. The first kappa shape index (κ1) is 19.7. The summed E-state index contributed by atoms with van der Waals surface area (Å²) in [5.41, 5.74) is 2.52. The number of nitrogens with zero attached hydrogens (tertiary/aromatic N) is 3. The van der Waals surface area contributed by atoms with Crippen LogP contribution in [-0.4, -0.2) is 71.4 Å². The summed E-state index contributed by atoms with van der Waals surface area (Å²) in [6.07, 6.45) is 2.37. The first-order valence-electron chi connectivity index (χ1n) is 10.6. The second kappa shape index (κ2) is 8.43. The van der Waals surface area contributed by atoms with Crippen LogP contribution >= 0.6 is 0 Å². The summed E-state index contributed by atoms with van der Waals surface area (Å²) in [5, 5.41) is 0. The van der Waals surface area contributed by atoms with Crippen molar-refractivity contribution in [3.8, 4) is 0 Å². The van der Waals surface area contributed by atoms with E-state index in [4.69, 9.17) is 4.74 Å². The Bertz CT molecular complexity index is 788. The summed E-state index contributed by atoms with van der Waals surface area (Å²) in [5.74, 6) is -0.0921. The van der Waals surface area contributed by atoms with Crippen molar-refractivity contribution in [3.63, 3.8) is 0 Å². The number of piperidine rings is 1. The summed E-state index contributed by atoms with van der Waals surface area (Å²) < 4.78 is 5.06. The molecule has 2 fully saturated rings. The molecule has 2 saturated heterocycles. The Morgan fingerprint density at radius 1 is 1.07 bits per heavy atom. The van der Waals surface area contributed by atoms with Crippen molar-refractivity contribution >= 4 is 17.9 Å². The number of amides is 3. The molecule has 1 aromatic carbocycles. The van der Waals surface area contributed by atoms with E-state index in [1.807, 2.05) is 21.9 Å². The van der Waals surface area contributed by atoms with Gasteiger partial charge in [0.1, 0.15) is 0 Å². The summed E-state index contributed by atoms with van der Waals surface area (Å²) in [6.45, 7) is 5.21. The van der Waals surface area contributed by atoms with Gasteiger partial charge in [-0.25, -0.2) is 4.79 Å². The second-order valence-electron chi connectivity index (χ2n) is 8.14. The number of carbonyl (C=O) groups is 3. The molecule has 3 amide bonds. The number of rotatable bonds is 3. The Kier molecular flexibility index (Phi) is 5.74. The summed E-state index contributed by atoms with van der Waals surface area (Å²) >= 11 is 0. The Morgan fingerprint density at radius 3 is 2.52 bits per heavy atom. The molecule has 1 unspecified atom stereocenters. The third kappa shape index (κ3) is 4.09. The molecular formula is C22H29N3O4. The summed E-state index contributed by atoms with van der Waals surface area (Å²) in [6, 6.07) is 8.36. The molecule has 1 atom stereocenters. The molecule has 1 aromatic rings. The molecule has 7 nitrogen and oxygen atoms in total. The molecule has 0 spiro atoms. The molecule has 3 aliphatic heterocycles. The molecule has 29 heavy (non-hydrogen) atoms. The molecular weight excluding hydrogens is 370 g/mol. The first-order chi connectivity index (χ1) is 14.1. The van der Waals surface area contributed by atoms with E-state index >= 15 is 0 Å². The Hall–Kier alpha value is -2.57. The molecule has 3 aliphatic rings. The van der Waals surface area contributed by atoms with Gasteiger partial charge in [0, 0.05) is 45.2 Å². The van der Waals surface area contributed by atoms with E-state index in [1.165, 1.54) is 11.1 Å². The van der Waals surface area contributed by atoms with Crippen LogP contribution in [0.5, 0.6) is 0 Å². The lowest BCUT2D eigenvalue weighted by Crippen LogP contribution is -2.48. The highest BCUT2D eigenvalue weighted by atomic mass is 16.6. The molecule has 0 radical (unpaired) electrons. The van der Waals surface area contributed by atoms with Gasteiger partial charge in [0.15, 0.2) is 0 Å². The normalized spacial score (nSPS) is 22.6. The van der Waals surface area contributed by atoms with E-state index in [1.54, 1.807) is 11.8 Å². The molecule has 4 rings (SSSR count). The maximum atomic E-state index is 13.1. The highest BCUT2D eigenvalue weighted by Crippen LogP contribution is 2.28. The Morgan fingerprint density at radius 2 is 1.79 bits per heavy atom. The lowest BCUT2D eigenvalue weighted by molar-refractivity contribution is -0.136. The molecule has 0 bridgehead atoms. The van der Waals surface area contributed by atoms with E-state index in [9.17, 15) is 14.4 Å². The average Bonchev–Trinajstić information content (AvgIpc) is 3.14. The number of ether oxygens (including phenoxy) is 1. The van der Waals surface area contributed by atoms with Gasteiger partial charge >= 0.3 is 6.09 Å². The second-order valence-corrected chi connectivity index (χ2v) is 8.14. The fourth-order valence-corrected chi connectivity index (χ4v) is 4.77. The van der Waals surface area contributed by atoms with Crippen LogP contribution in [0.15, 0.2) is 24.3 Å². The first-order valence-corrected chi connectivity index (χ1v) is 10.6. The topological polar surface area (TPSA) is 70.2 Å². The fraction of sp³-hybridized carbons (Fsp3) is 0.591. The van der Waals surface area contributed by atoms with Crippen LogP contribution < -0.4 is 0 Å². The van der Waals surface area contributed by atoms with Crippen molar-refractivity contribution in [2.24, 2.45) is 5.92 Å². The van der Waals surface area contributed by atoms with Crippen LogP contribution in [0.1, 0.15) is 37.3 Å². The van der Waals surface area contributed by atoms with Gasteiger partial charge in [-0.2, -0.15) is 0 Å². The molecule has 0 saturated carbocycles. The number of likely N-dealkylation sites (tertiary alicyclic amines) is 2. The van der Waals surface area contributed by atoms with Gasteiger partial charge in [0.2, 0.25) is 11.8 Å². The zero-order valence-electron chi connectivity index (χ0n) is 17.0. The van der Waals surface area contributed by atoms with Crippen molar-refractivity contribution in [1.82, 2.24) is 14.7 Å². The number of carbonyl (C=O) groups excluding carboxylic acids is 3. The predicted octanol–water partition coefficient (Wildman–Crippen LogP) is 2.04. The van der Waals surface area contributed by atoms with Crippen LogP contribution in [-0.2, 0) is 27.3 Å². The molecule has 156 valence electrons. The lowest BCUT2D eigenvalue weighted by atomic mass is 9.98. The maximum Gasteiger partial charge on any atom is 0.409 e. The zero-order chi connectivity index (χ0) is 20.4. The van der Waals surface area contributed by atoms with Gasteiger partial charge < -0.3 is 19.4 Å². The lowest BCUT2D eigenvalue weighted by Gasteiger charge is -2.36. The van der Waals surface area contributed by atoms with Crippen LogP contribution in [0.25, 0.3) is 0 Å². The third-order valence-corrected chi connectivity index (χ3v) is 6.38.